The molecule has 0 unspecified atom stereocenters. The van der Waals surface area contributed by atoms with E-state index in [9.17, 15) is 8.42 Å². The van der Waals surface area contributed by atoms with Crippen LogP contribution in [0.5, 0.6) is 5.75 Å². The van der Waals surface area contributed by atoms with Gasteiger partial charge in [0.25, 0.3) is 0 Å². The van der Waals surface area contributed by atoms with Crippen molar-refractivity contribution >= 4 is 21.4 Å². The third kappa shape index (κ3) is 4.12. The molecule has 26 heavy (non-hydrogen) atoms. The number of pyridine rings is 1. The van der Waals surface area contributed by atoms with Crippen molar-refractivity contribution < 1.29 is 13.2 Å². The Kier molecular flexibility index (Phi) is 5.70. The first-order valence-corrected chi connectivity index (χ1v) is 10.4. The van der Waals surface area contributed by atoms with Crippen LogP contribution in [0.4, 0.5) is 0 Å². The van der Waals surface area contributed by atoms with Gasteiger partial charge in [-0.2, -0.15) is 15.6 Å². The van der Waals surface area contributed by atoms with Crippen molar-refractivity contribution in [1.82, 2.24) is 9.29 Å². The lowest BCUT2D eigenvalue weighted by molar-refractivity contribution is 0.380. The summed E-state index contributed by atoms with van der Waals surface area (Å²) < 4.78 is 33.6. The Balaban J connectivity index is 2.03. The number of thiophene rings is 1. The summed E-state index contributed by atoms with van der Waals surface area (Å²) in [6.07, 6.45) is 1.66. The number of rotatable bonds is 7. The molecule has 0 aliphatic heterocycles. The predicted molar refractivity (Wildman–Crippen MR) is 103 cm³/mol. The quantitative estimate of drug-likeness (QED) is 0.617. The molecule has 0 aliphatic carbocycles. The zero-order valence-electron chi connectivity index (χ0n) is 14.6. The second-order valence-corrected chi connectivity index (χ2v) is 8.57. The second-order valence-electron chi connectivity index (χ2n) is 5.88. The van der Waals surface area contributed by atoms with Crippen LogP contribution in [0.1, 0.15) is 16.8 Å². The molecule has 0 saturated carbocycles. The number of nitrogens with zero attached hydrogens (tertiary/aromatic N) is 2. The van der Waals surface area contributed by atoms with Crippen molar-refractivity contribution in [2.24, 2.45) is 0 Å². The molecule has 0 spiro atoms. The van der Waals surface area contributed by atoms with E-state index < -0.39 is 10.0 Å². The van der Waals surface area contributed by atoms with Crippen LogP contribution in [0.15, 0.2) is 64.3 Å². The van der Waals surface area contributed by atoms with E-state index in [1.165, 1.54) is 11.4 Å². The van der Waals surface area contributed by atoms with Crippen LogP contribution in [0.2, 0.25) is 0 Å². The van der Waals surface area contributed by atoms with Crippen LogP contribution in [0.25, 0.3) is 0 Å². The topological polar surface area (TPSA) is 59.5 Å². The monoisotopic (exact) mass is 388 g/mol. The van der Waals surface area contributed by atoms with Gasteiger partial charge in [-0.1, -0.05) is 12.1 Å². The van der Waals surface area contributed by atoms with E-state index in [4.69, 9.17) is 4.74 Å². The Morgan fingerprint density at radius 2 is 2.00 bits per heavy atom. The SMILES string of the molecule is COc1ccc(C)cc1S(=O)(=O)N(Cc1ccsc1)Cc1ccccn1. The van der Waals surface area contributed by atoms with Gasteiger partial charge in [-0.25, -0.2) is 8.42 Å². The van der Waals surface area contributed by atoms with Crippen molar-refractivity contribution in [2.45, 2.75) is 24.9 Å². The van der Waals surface area contributed by atoms with Gasteiger partial charge in [0.1, 0.15) is 10.6 Å². The molecular weight excluding hydrogens is 368 g/mol. The molecule has 7 heteroatoms. The second kappa shape index (κ2) is 7.99. The number of sulfonamides is 1. The Labute approximate surface area is 157 Å². The summed E-state index contributed by atoms with van der Waals surface area (Å²) in [5.41, 5.74) is 2.50. The number of hydrogen-bond acceptors (Lipinski definition) is 5. The first kappa shape index (κ1) is 18.6. The maximum Gasteiger partial charge on any atom is 0.247 e. The van der Waals surface area contributed by atoms with E-state index in [2.05, 4.69) is 4.98 Å². The molecule has 0 amide bonds. The summed E-state index contributed by atoms with van der Waals surface area (Å²) in [5, 5.41) is 3.89. The smallest absolute Gasteiger partial charge is 0.247 e. The fourth-order valence-electron chi connectivity index (χ4n) is 2.61. The lowest BCUT2D eigenvalue weighted by atomic mass is 10.2. The molecule has 1 aromatic carbocycles. The van der Waals surface area contributed by atoms with E-state index in [-0.39, 0.29) is 18.0 Å². The number of methoxy groups -OCH3 is 1. The molecule has 0 aliphatic rings. The average Bonchev–Trinajstić information content (AvgIpc) is 3.15. The molecule has 0 N–H and O–H groups in total. The molecule has 0 saturated heterocycles. The van der Waals surface area contributed by atoms with Crippen LogP contribution in [-0.4, -0.2) is 24.8 Å². The van der Waals surface area contributed by atoms with E-state index in [1.54, 1.807) is 29.7 Å². The Hall–Kier alpha value is -2.22. The van der Waals surface area contributed by atoms with Crippen LogP contribution < -0.4 is 4.74 Å². The summed E-state index contributed by atoms with van der Waals surface area (Å²) in [6, 6.07) is 12.6. The van der Waals surface area contributed by atoms with Crippen LogP contribution in [-0.2, 0) is 23.1 Å². The molecule has 0 bridgehead atoms. The summed E-state index contributed by atoms with van der Waals surface area (Å²) in [7, 11) is -2.29. The van der Waals surface area contributed by atoms with Gasteiger partial charge < -0.3 is 4.74 Å². The number of aryl methyl sites for hydroxylation is 1. The zero-order valence-corrected chi connectivity index (χ0v) is 16.3. The Morgan fingerprint density at radius 1 is 1.15 bits per heavy atom. The maximum atomic E-state index is 13.4. The summed E-state index contributed by atoms with van der Waals surface area (Å²) >= 11 is 1.54. The first-order chi connectivity index (χ1) is 12.5. The van der Waals surface area contributed by atoms with Crippen molar-refractivity contribution in [3.8, 4) is 5.75 Å². The maximum absolute atomic E-state index is 13.4. The summed E-state index contributed by atoms with van der Waals surface area (Å²) in [4.78, 5) is 4.45. The molecule has 3 aromatic rings. The predicted octanol–water partition coefficient (Wildman–Crippen LogP) is 3.85. The van der Waals surface area contributed by atoms with Crippen molar-refractivity contribution in [1.29, 1.82) is 0 Å². The van der Waals surface area contributed by atoms with Gasteiger partial charge in [0.2, 0.25) is 10.0 Å². The van der Waals surface area contributed by atoms with Gasteiger partial charge in [0.05, 0.1) is 19.3 Å². The highest BCUT2D eigenvalue weighted by atomic mass is 32.2. The molecule has 2 aromatic heterocycles. The minimum atomic E-state index is -3.77. The third-order valence-corrected chi connectivity index (χ3v) is 6.49. The molecule has 0 fully saturated rings. The fraction of sp³-hybridized carbons (Fsp3) is 0.211. The van der Waals surface area contributed by atoms with Crippen molar-refractivity contribution in [2.75, 3.05) is 7.11 Å². The van der Waals surface area contributed by atoms with Gasteiger partial charge in [0.15, 0.2) is 0 Å². The number of hydrogen-bond donors (Lipinski definition) is 0. The van der Waals surface area contributed by atoms with Gasteiger partial charge >= 0.3 is 0 Å². The molecule has 2 heterocycles. The van der Waals surface area contributed by atoms with Crippen molar-refractivity contribution in [3.05, 3.63) is 76.2 Å². The minimum Gasteiger partial charge on any atom is -0.495 e. The van der Waals surface area contributed by atoms with Crippen LogP contribution >= 0.6 is 11.3 Å². The number of aromatic nitrogens is 1. The lowest BCUT2D eigenvalue weighted by Crippen LogP contribution is -2.30. The average molecular weight is 389 g/mol. The normalized spacial score (nSPS) is 11.7. The van der Waals surface area contributed by atoms with Gasteiger partial charge in [-0.3, -0.25) is 4.98 Å². The fourth-order valence-corrected chi connectivity index (χ4v) is 4.91. The number of benzene rings is 1. The Morgan fingerprint density at radius 3 is 2.65 bits per heavy atom. The molecule has 0 atom stereocenters. The highest BCUT2D eigenvalue weighted by molar-refractivity contribution is 7.89. The lowest BCUT2D eigenvalue weighted by Gasteiger charge is -2.23. The van der Waals surface area contributed by atoms with E-state index >= 15 is 0 Å². The van der Waals surface area contributed by atoms with E-state index in [0.29, 0.717) is 11.4 Å². The molecule has 5 nitrogen and oxygen atoms in total. The van der Waals surface area contributed by atoms with Crippen LogP contribution in [0, 0.1) is 6.92 Å². The largest absolute Gasteiger partial charge is 0.495 e. The zero-order chi connectivity index (χ0) is 18.6. The van der Waals surface area contributed by atoms with Crippen LogP contribution in [0.3, 0.4) is 0 Å². The van der Waals surface area contributed by atoms with E-state index in [1.807, 2.05) is 48.0 Å². The summed E-state index contributed by atoms with van der Waals surface area (Å²) in [6.45, 7) is 2.33. The summed E-state index contributed by atoms with van der Waals surface area (Å²) in [5.74, 6) is 0.340. The van der Waals surface area contributed by atoms with Gasteiger partial charge in [0, 0.05) is 12.7 Å². The molecule has 136 valence electrons. The first-order valence-electron chi connectivity index (χ1n) is 8.06. The molecule has 3 rings (SSSR count). The highest BCUT2D eigenvalue weighted by Gasteiger charge is 2.28. The van der Waals surface area contributed by atoms with Crippen molar-refractivity contribution in [3.63, 3.8) is 0 Å². The standard InChI is InChI=1S/C19H20N2O3S2/c1-15-6-7-18(24-2)19(11-15)26(22,23)21(12-16-8-10-25-14-16)13-17-5-3-4-9-20-17/h3-11,14H,12-13H2,1-2H3. The third-order valence-electron chi connectivity index (χ3n) is 3.94. The van der Waals surface area contributed by atoms with E-state index in [0.717, 1.165) is 11.1 Å². The molecule has 0 radical (unpaired) electrons. The highest BCUT2D eigenvalue weighted by Crippen LogP contribution is 2.29. The number of ether oxygens (including phenoxy) is 1. The molecular formula is C19H20N2O3S2. The Bertz CT molecular complexity index is 956. The van der Waals surface area contributed by atoms with Gasteiger partial charge in [-0.05, 0) is 59.1 Å². The minimum absolute atomic E-state index is 0.172. The van der Waals surface area contributed by atoms with Gasteiger partial charge in [-0.15, -0.1) is 0 Å².